The van der Waals surface area contributed by atoms with Crippen LogP contribution in [0.3, 0.4) is 0 Å². The van der Waals surface area contributed by atoms with E-state index in [9.17, 15) is 9.65 Å². The second-order valence-electron chi connectivity index (χ2n) is 8.33. The van der Waals surface area contributed by atoms with Gasteiger partial charge in [0, 0.05) is 12.6 Å². The number of aryl methyl sites for hydroxylation is 2. The number of nitrogens with zero attached hydrogens (tertiary/aromatic N) is 4. The second kappa shape index (κ2) is 10.7. The van der Waals surface area contributed by atoms with Crippen molar-refractivity contribution in [1.82, 2.24) is 15.3 Å². The number of rotatable bonds is 6. The Morgan fingerprint density at radius 3 is 2.59 bits per heavy atom. The molecule has 2 heterocycles. The van der Waals surface area contributed by atoms with E-state index in [1.807, 2.05) is 13.8 Å². The minimum Gasteiger partial charge on any atom is -0.437 e. The van der Waals surface area contributed by atoms with Gasteiger partial charge in [0.05, 0.1) is 27.3 Å². The summed E-state index contributed by atoms with van der Waals surface area (Å²) in [5, 5.41) is 12.7. The maximum Gasteiger partial charge on any atom is 0.238 e. The van der Waals surface area contributed by atoms with Gasteiger partial charge < -0.3 is 15.0 Å². The van der Waals surface area contributed by atoms with E-state index in [0.717, 1.165) is 42.6 Å². The van der Waals surface area contributed by atoms with Gasteiger partial charge in [-0.15, -0.1) is 0 Å². The molecule has 1 fully saturated rings. The predicted molar refractivity (Wildman–Crippen MR) is 134 cm³/mol. The van der Waals surface area contributed by atoms with Gasteiger partial charge in [-0.3, -0.25) is 0 Å². The Labute approximate surface area is 211 Å². The van der Waals surface area contributed by atoms with Gasteiger partial charge in [0.15, 0.2) is 0 Å². The van der Waals surface area contributed by atoms with Crippen LogP contribution in [0.4, 0.5) is 10.3 Å². The lowest BCUT2D eigenvalue weighted by atomic mass is 10.0. The maximum atomic E-state index is 13.7. The highest BCUT2D eigenvalue weighted by molar-refractivity contribution is 9.10. The lowest BCUT2D eigenvalue weighted by Crippen LogP contribution is -2.43. The van der Waals surface area contributed by atoms with E-state index in [0.29, 0.717) is 34.2 Å². The Morgan fingerprint density at radius 2 is 1.94 bits per heavy atom. The van der Waals surface area contributed by atoms with Crippen LogP contribution in [0, 0.1) is 31.0 Å². The van der Waals surface area contributed by atoms with Crippen molar-refractivity contribution in [2.24, 2.45) is 0 Å². The smallest absolute Gasteiger partial charge is 0.238 e. The van der Waals surface area contributed by atoms with Crippen molar-refractivity contribution in [2.75, 3.05) is 18.0 Å². The third-order valence-corrected chi connectivity index (χ3v) is 6.66. The molecule has 0 atom stereocenters. The molecule has 34 heavy (non-hydrogen) atoms. The predicted octanol–water partition coefficient (Wildman–Crippen LogP) is 6.07. The number of anilines is 1. The summed E-state index contributed by atoms with van der Waals surface area (Å²) >= 11 is 9.54. The van der Waals surface area contributed by atoms with Crippen LogP contribution in [-0.4, -0.2) is 29.1 Å². The van der Waals surface area contributed by atoms with Gasteiger partial charge in [0.2, 0.25) is 11.8 Å². The Bertz CT molecular complexity index is 1220. The standard InChI is InChI=1S/C25H24BrClFN5O/c1-15-9-18(12-29)10-16(2)23(15)34-24-20(26)13-31-25(32-24)33(19-5-7-30-8-6-19)14-17-3-4-22(28)21(27)11-17/h3-4,9-11,13,19,30H,5-8,14H2,1-2H3. The topological polar surface area (TPSA) is 74.1 Å². The molecule has 0 spiro atoms. The fraction of sp³-hybridized carbons (Fsp3) is 0.320. The van der Waals surface area contributed by atoms with E-state index in [-0.39, 0.29) is 11.1 Å². The van der Waals surface area contributed by atoms with Crippen molar-refractivity contribution < 1.29 is 9.13 Å². The van der Waals surface area contributed by atoms with Crippen molar-refractivity contribution >= 4 is 33.5 Å². The van der Waals surface area contributed by atoms with E-state index in [1.165, 1.54) is 6.07 Å². The Balaban J connectivity index is 1.69. The number of piperidine rings is 1. The van der Waals surface area contributed by atoms with E-state index in [2.05, 4.69) is 37.2 Å². The number of benzene rings is 2. The van der Waals surface area contributed by atoms with Gasteiger partial charge in [-0.2, -0.15) is 10.2 Å². The number of nitriles is 1. The molecule has 1 saturated heterocycles. The normalized spacial score (nSPS) is 14.0. The Morgan fingerprint density at radius 1 is 1.24 bits per heavy atom. The highest BCUT2D eigenvalue weighted by atomic mass is 79.9. The summed E-state index contributed by atoms with van der Waals surface area (Å²) in [5.41, 5.74) is 3.15. The van der Waals surface area contributed by atoms with E-state index < -0.39 is 5.82 Å². The SMILES string of the molecule is Cc1cc(C#N)cc(C)c1Oc1nc(N(Cc2ccc(F)c(Cl)c2)C2CCNCC2)ncc1Br. The van der Waals surface area contributed by atoms with Gasteiger partial charge >= 0.3 is 0 Å². The monoisotopic (exact) mass is 543 g/mol. The van der Waals surface area contributed by atoms with E-state index in [1.54, 1.807) is 30.5 Å². The zero-order valence-corrected chi connectivity index (χ0v) is 21.2. The van der Waals surface area contributed by atoms with E-state index in [4.69, 9.17) is 21.3 Å². The maximum absolute atomic E-state index is 13.7. The summed E-state index contributed by atoms with van der Waals surface area (Å²) in [6.45, 7) is 6.09. The molecule has 0 aliphatic carbocycles. The molecule has 2 aromatic carbocycles. The molecule has 9 heteroatoms. The second-order valence-corrected chi connectivity index (χ2v) is 9.60. The first-order valence-corrected chi connectivity index (χ1v) is 12.2. The van der Waals surface area contributed by atoms with Gasteiger partial charge in [0.1, 0.15) is 11.6 Å². The Kier molecular flexibility index (Phi) is 7.67. The number of hydrogen-bond donors (Lipinski definition) is 1. The van der Waals surface area contributed by atoms with Crippen LogP contribution in [-0.2, 0) is 6.54 Å². The molecule has 1 aliphatic heterocycles. The zero-order chi connectivity index (χ0) is 24.2. The number of ether oxygens (including phenoxy) is 1. The molecule has 176 valence electrons. The van der Waals surface area contributed by atoms with Crippen molar-refractivity contribution in [3.05, 3.63) is 74.1 Å². The first-order chi connectivity index (χ1) is 16.4. The van der Waals surface area contributed by atoms with Crippen LogP contribution < -0.4 is 15.0 Å². The molecule has 6 nitrogen and oxygen atoms in total. The summed E-state index contributed by atoms with van der Waals surface area (Å²) < 4.78 is 20.5. The van der Waals surface area contributed by atoms with Crippen molar-refractivity contribution in [1.29, 1.82) is 5.26 Å². The first kappa shape index (κ1) is 24.4. The molecule has 4 rings (SSSR count). The molecule has 0 saturated carbocycles. The molecule has 3 aromatic rings. The summed E-state index contributed by atoms with van der Waals surface area (Å²) in [6, 6.07) is 10.7. The lowest BCUT2D eigenvalue weighted by molar-refractivity contribution is 0.417. The van der Waals surface area contributed by atoms with E-state index >= 15 is 0 Å². The summed E-state index contributed by atoms with van der Waals surface area (Å²) in [7, 11) is 0. The Hall–Kier alpha value is -2.73. The van der Waals surface area contributed by atoms with Crippen molar-refractivity contribution in [3.8, 4) is 17.7 Å². The molecule has 0 bridgehead atoms. The van der Waals surface area contributed by atoms with Crippen LogP contribution in [0.5, 0.6) is 11.6 Å². The average molecular weight is 545 g/mol. The first-order valence-electron chi connectivity index (χ1n) is 11.0. The molecule has 0 unspecified atom stereocenters. The fourth-order valence-corrected chi connectivity index (χ4v) is 4.62. The van der Waals surface area contributed by atoms with Crippen LogP contribution in [0.25, 0.3) is 0 Å². The molecule has 0 radical (unpaired) electrons. The van der Waals surface area contributed by atoms with Crippen LogP contribution in [0.2, 0.25) is 5.02 Å². The zero-order valence-electron chi connectivity index (χ0n) is 18.9. The van der Waals surface area contributed by atoms with Crippen LogP contribution >= 0.6 is 27.5 Å². The molecule has 1 aliphatic rings. The van der Waals surface area contributed by atoms with Gasteiger partial charge in [-0.1, -0.05) is 17.7 Å². The third-order valence-electron chi connectivity index (χ3n) is 5.83. The summed E-state index contributed by atoms with van der Waals surface area (Å²) in [5.74, 6) is 1.12. The highest BCUT2D eigenvalue weighted by Gasteiger charge is 2.25. The molecule has 1 N–H and O–H groups in total. The molecular weight excluding hydrogens is 521 g/mol. The number of halogens is 3. The highest BCUT2D eigenvalue weighted by Crippen LogP contribution is 2.34. The number of hydrogen-bond acceptors (Lipinski definition) is 6. The quantitative estimate of drug-likeness (QED) is 0.406. The fourth-order valence-electron chi connectivity index (χ4n) is 4.14. The lowest BCUT2D eigenvalue weighted by Gasteiger charge is -2.35. The largest absolute Gasteiger partial charge is 0.437 e. The molecular formula is C25H24BrClFN5O. The number of aromatic nitrogens is 2. The third kappa shape index (κ3) is 5.49. The number of nitrogens with one attached hydrogen (secondary N) is 1. The average Bonchev–Trinajstić information content (AvgIpc) is 2.83. The minimum absolute atomic E-state index is 0.0928. The van der Waals surface area contributed by atoms with Crippen LogP contribution in [0.1, 0.15) is 35.1 Å². The van der Waals surface area contributed by atoms with Crippen molar-refractivity contribution in [3.63, 3.8) is 0 Å². The summed E-state index contributed by atoms with van der Waals surface area (Å²) in [4.78, 5) is 11.5. The van der Waals surface area contributed by atoms with Gasteiger partial charge in [0.25, 0.3) is 0 Å². The van der Waals surface area contributed by atoms with Crippen LogP contribution in [0.15, 0.2) is 41.0 Å². The summed E-state index contributed by atoms with van der Waals surface area (Å²) in [6.07, 6.45) is 3.54. The molecule has 1 aromatic heterocycles. The molecule has 0 amide bonds. The van der Waals surface area contributed by atoms with Crippen molar-refractivity contribution in [2.45, 2.75) is 39.3 Å². The van der Waals surface area contributed by atoms with Gasteiger partial charge in [-0.05, 0) is 96.7 Å². The minimum atomic E-state index is -0.442. The van der Waals surface area contributed by atoms with Gasteiger partial charge in [-0.25, -0.2) is 9.37 Å².